The summed E-state index contributed by atoms with van der Waals surface area (Å²) in [5.74, 6) is 2.53. The molecule has 0 atom stereocenters. The third-order valence-electron chi connectivity index (χ3n) is 3.28. The number of Topliss-reactive ketones (excluding diaryl/α,β-unsaturated/α-hetero) is 1. The molecule has 98 valence electrons. The summed E-state index contributed by atoms with van der Waals surface area (Å²) in [4.78, 5) is 12.0. The first kappa shape index (κ1) is 13.9. The molecule has 1 aromatic carbocycles. The highest BCUT2D eigenvalue weighted by Crippen LogP contribution is 2.27. The van der Waals surface area contributed by atoms with Crippen molar-refractivity contribution in [2.24, 2.45) is 5.92 Å². The molecule has 1 saturated heterocycles. The number of carbonyl (C=O) groups is 1. The molecule has 0 spiro atoms. The first-order chi connectivity index (χ1) is 8.66. The highest BCUT2D eigenvalue weighted by molar-refractivity contribution is 7.99. The summed E-state index contributed by atoms with van der Waals surface area (Å²) < 4.78 is 13.2. The number of benzene rings is 1. The van der Waals surface area contributed by atoms with Crippen LogP contribution in [0.15, 0.2) is 18.2 Å². The molecule has 0 radical (unpaired) electrons. The van der Waals surface area contributed by atoms with E-state index >= 15 is 0 Å². The molecule has 0 aliphatic carbocycles. The summed E-state index contributed by atoms with van der Waals surface area (Å²) in [6.45, 7) is 0. The molecule has 1 aliphatic heterocycles. The molecule has 0 unspecified atom stereocenters. The van der Waals surface area contributed by atoms with Gasteiger partial charge >= 0.3 is 0 Å². The van der Waals surface area contributed by atoms with Crippen LogP contribution in [0.4, 0.5) is 4.39 Å². The van der Waals surface area contributed by atoms with E-state index in [-0.39, 0.29) is 17.2 Å². The van der Waals surface area contributed by atoms with Crippen LogP contribution in [0, 0.1) is 11.7 Å². The quantitative estimate of drug-likeness (QED) is 0.828. The van der Waals surface area contributed by atoms with Gasteiger partial charge in [0, 0.05) is 12.8 Å². The Bertz CT molecular complexity index is 430. The number of carbonyl (C=O) groups excluding carboxylic acids is 1. The monoisotopic (exact) mass is 286 g/mol. The number of thioether (sulfide) groups is 1. The van der Waals surface area contributed by atoms with E-state index < -0.39 is 5.82 Å². The number of rotatable bonds is 4. The first-order valence-electron chi connectivity index (χ1n) is 6.19. The first-order valence-corrected chi connectivity index (χ1v) is 7.72. The number of halogens is 2. The second-order valence-electron chi connectivity index (χ2n) is 4.69. The lowest BCUT2D eigenvalue weighted by atomic mass is 9.94. The molecule has 0 amide bonds. The molecule has 1 fully saturated rings. The van der Waals surface area contributed by atoms with Gasteiger partial charge in [0.15, 0.2) is 0 Å². The predicted octanol–water partition coefficient (Wildman–Crippen LogP) is 4.12. The normalized spacial score (nSPS) is 16.8. The Morgan fingerprint density at radius 2 is 2.11 bits per heavy atom. The van der Waals surface area contributed by atoms with Gasteiger partial charge in [-0.05, 0) is 41.9 Å². The maximum atomic E-state index is 13.2. The molecule has 1 aromatic rings. The van der Waals surface area contributed by atoms with E-state index in [2.05, 4.69) is 0 Å². The number of hydrogen-bond acceptors (Lipinski definition) is 2. The SMILES string of the molecule is O=C(Cc1cccc(F)c1Cl)CC1CCSCC1. The van der Waals surface area contributed by atoms with Gasteiger partial charge in [-0.3, -0.25) is 4.79 Å². The summed E-state index contributed by atoms with van der Waals surface area (Å²) in [5.41, 5.74) is 0.604. The molecular weight excluding hydrogens is 271 g/mol. The smallest absolute Gasteiger partial charge is 0.142 e. The molecule has 0 bridgehead atoms. The zero-order valence-corrected chi connectivity index (χ0v) is 11.7. The van der Waals surface area contributed by atoms with E-state index in [0.29, 0.717) is 17.9 Å². The minimum atomic E-state index is -0.448. The Hall–Kier alpha value is -0.540. The molecule has 4 heteroatoms. The molecule has 1 heterocycles. The van der Waals surface area contributed by atoms with Crippen LogP contribution in [-0.2, 0) is 11.2 Å². The highest BCUT2D eigenvalue weighted by atomic mass is 35.5. The molecule has 1 aliphatic rings. The van der Waals surface area contributed by atoms with Crippen LogP contribution in [0.3, 0.4) is 0 Å². The van der Waals surface area contributed by atoms with Crippen molar-refractivity contribution in [3.05, 3.63) is 34.6 Å². The lowest BCUT2D eigenvalue weighted by Crippen LogP contribution is -2.15. The van der Waals surface area contributed by atoms with Gasteiger partial charge in [0.1, 0.15) is 11.6 Å². The van der Waals surface area contributed by atoms with Crippen molar-refractivity contribution in [2.45, 2.75) is 25.7 Å². The molecule has 1 nitrogen and oxygen atoms in total. The fraction of sp³-hybridized carbons (Fsp3) is 0.500. The summed E-state index contributed by atoms with van der Waals surface area (Å²) in [7, 11) is 0. The van der Waals surface area contributed by atoms with Crippen LogP contribution in [-0.4, -0.2) is 17.3 Å². The average molecular weight is 287 g/mol. The maximum absolute atomic E-state index is 13.2. The van der Waals surface area contributed by atoms with Gasteiger partial charge in [0.25, 0.3) is 0 Å². The van der Waals surface area contributed by atoms with E-state index in [4.69, 9.17) is 11.6 Å². The van der Waals surface area contributed by atoms with Crippen LogP contribution in [0.5, 0.6) is 0 Å². The third-order valence-corrected chi connectivity index (χ3v) is 4.75. The average Bonchev–Trinajstić information content (AvgIpc) is 2.36. The molecule has 0 N–H and O–H groups in total. The number of hydrogen-bond donors (Lipinski definition) is 0. The second kappa shape index (κ2) is 6.58. The lowest BCUT2D eigenvalue weighted by Gasteiger charge is -2.20. The van der Waals surface area contributed by atoms with Crippen molar-refractivity contribution in [1.82, 2.24) is 0 Å². The van der Waals surface area contributed by atoms with E-state index in [1.165, 1.54) is 6.07 Å². The zero-order chi connectivity index (χ0) is 13.0. The predicted molar refractivity (Wildman–Crippen MR) is 74.8 cm³/mol. The van der Waals surface area contributed by atoms with Crippen LogP contribution < -0.4 is 0 Å². The van der Waals surface area contributed by atoms with E-state index in [9.17, 15) is 9.18 Å². The summed E-state index contributed by atoms with van der Waals surface area (Å²) in [5, 5.41) is 0.0880. The minimum absolute atomic E-state index is 0.0880. The Morgan fingerprint density at radius 3 is 2.83 bits per heavy atom. The van der Waals surface area contributed by atoms with E-state index in [1.807, 2.05) is 11.8 Å². The minimum Gasteiger partial charge on any atom is -0.299 e. The highest BCUT2D eigenvalue weighted by Gasteiger charge is 2.18. The Kier molecular flexibility index (Phi) is 5.07. The van der Waals surface area contributed by atoms with Gasteiger partial charge in [-0.1, -0.05) is 23.7 Å². The standard InChI is InChI=1S/C14H16ClFOS/c15-14-11(2-1-3-13(14)16)9-12(17)8-10-4-6-18-7-5-10/h1-3,10H,4-9H2. The van der Waals surface area contributed by atoms with Gasteiger partial charge in [-0.2, -0.15) is 11.8 Å². The number of ketones is 1. The van der Waals surface area contributed by atoms with Crippen molar-refractivity contribution in [3.63, 3.8) is 0 Å². The summed E-state index contributed by atoms with van der Waals surface area (Å²) in [6, 6.07) is 4.63. The van der Waals surface area contributed by atoms with Crippen molar-refractivity contribution >= 4 is 29.1 Å². The van der Waals surface area contributed by atoms with E-state index in [0.717, 1.165) is 24.3 Å². The molecule has 0 saturated carbocycles. The van der Waals surface area contributed by atoms with Crippen molar-refractivity contribution in [1.29, 1.82) is 0 Å². The topological polar surface area (TPSA) is 17.1 Å². The van der Waals surface area contributed by atoms with Crippen LogP contribution in [0.25, 0.3) is 0 Å². The van der Waals surface area contributed by atoms with Gasteiger partial charge in [-0.25, -0.2) is 4.39 Å². The van der Waals surface area contributed by atoms with Crippen molar-refractivity contribution in [2.75, 3.05) is 11.5 Å². The van der Waals surface area contributed by atoms with Gasteiger partial charge in [0.05, 0.1) is 5.02 Å². The third kappa shape index (κ3) is 3.72. The van der Waals surface area contributed by atoms with E-state index in [1.54, 1.807) is 12.1 Å². The molecular formula is C14H16ClFOS. The van der Waals surface area contributed by atoms with Crippen LogP contribution in [0.1, 0.15) is 24.8 Å². The summed E-state index contributed by atoms with van der Waals surface area (Å²) in [6.07, 6.45) is 3.09. The largest absolute Gasteiger partial charge is 0.299 e. The Labute approximate surface area is 116 Å². The molecule has 2 rings (SSSR count). The fourth-order valence-electron chi connectivity index (χ4n) is 2.24. The second-order valence-corrected chi connectivity index (χ2v) is 6.29. The van der Waals surface area contributed by atoms with Gasteiger partial charge in [0.2, 0.25) is 0 Å². The molecule has 18 heavy (non-hydrogen) atoms. The zero-order valence-electron chi connectivity index (χ0n) is 10.1. The van der Waals surface area contributed by atoms with Gasteiger partial charge in [-0.15, -0.1) is 0 Å². The fourth-order valence-corrected chi connectivity index (χ4v) is 3.64. The molecule has 0 aromatic heterocycles. The van der Waals surface area contributed by atoms with Crippen molar-refractivity contribution < 1.29 is 9.18 Å². The van der Waals surface area contributed by atoms with Crippen LogP contribution >= 0.6 is 23.4 Å². The summed E-state index contributed by atoms with van der Waals surface area (Å²) >= 11 is 7.80. The van der Waals surface area contributed by atoms with Crippen molar-refractivity contribution in [3.8, 4) is 0 Å². The Balaban J connectivity index is 1.92. The maximum Gasteiger partial charge on any atom is 0.142 e. The van der Waals surface area contributed by atoms with Gasteiger partial charge < -0.3 is 0 Å². The Morgan fingerprint density at radius 1 is 1.39 bits per heavy atom. The van der Waals surface area contributed by atoms with Crippen LogP contribution in [0.2, 0.25) is 5.02 Å². The lowest BCUT2D eigenvalue weighted by molar-refractivity contribution is -0.119.